The highest BCUT2D eigenvalue weighted by molar-refractivity contribution is 7.07. The van der Waals surface area contributed by atoms with Crippen molar-refractivity contribution in [2.45, 2.75) is 39.1 Å². The number of carbonyl (C=O) groups excluding carboxylic acids is 1. The lowest BCUT2D eigenvalue weighted by Gasteiger charge is -2.46. The minimum Gasteiger partial charge on any atom is -0.477 e. The van der Waals surface area contributed by atoms with Gasteiger partial charge in [0.15, 0.2) is 0 Å². The van der Waals surface area contributed by atoms with Crippen LogP contribution < -0.4 is 0 Å². The molecular weight excluding hydrogens is 404 g/mol. The van der Waals surface area contributed by atoms with E-state index in [1.165, 1.54) is 16.2 Å². The monoisotopic (exact) mass is 428 g/mol. The summed E-state index contributed by atoms with van der Waals surface area (Å²) in [4.78, 5) is 36.7. The molecule has 0 bridgehead atoms. The molecule has 2 N–H and O–H groups in total. The number of aliphatic hydroxyl groups is 1. The molecule has 2 aliphatic heterocycles. The molecule has 2 aliphatic rings. The van der Waals surface area contributed by atoms with E-state index >= 15 is 0 Å². The molecule has 8 nitrogen and oxygen atoms in total. The van der Waals surface area contributed by atoms with Crippen molar-refractivity contribution in [3.63, 3.8) is 0 Å². The third kappa shape index (κ3) is 3.64. The Hall–Kier alpha value is -2.62. The molecular formula is C21H24N4O4S. The second-order valence-electron chi connectivity index (χ2n) is 7.92. The van der Waals surface area contributed by atoms with E-state index in [1.54, 1.807) is 24.8 Å². The SMILES string of the molecule is C[C@H]1C(CN(Cc2cccnc2)Cc2cscn2)=C(C(=O)O)N2C(=O)[C@H]([C@@H](C)O)C12. The third-order valence-electron chi connectivity index (χ3n) is 5.91. The average molecular weight is 429 g/mol. The fourth-order valence-electron chi connectivity index (χ4n) is 4.56. The molecule has 9 heteroatoms. The number of pyridine rings is 1. The number of aliphatic hydroxyl groups excluding tert-OH is 1. The van der Waals surface area contributed by atoms with Crippen LogP contribution in [0.2, 0.25) is 0 Å². The van der Waals surface area contributed by atoms with E-state index in [0.29, 0.717) is 25.2 Å². The predicted octanol–water partition coefficient (Wildman–Crippen LogP) is 1.74. The van der Waals surface area contributed by atoms with Crippen LogP contribution in [0.3, 0.4) is 0 Å². The molecule has 1 saturated heterocycles. The molecule has 1 unspecified atom stereocenters. The highest BCUT2D eigenvalue weighted by Gasteiger charge is 2.59. The van der Waals surface area contributed by atoms with Gasteiger partial charge in [-0.1, -0.05) is 13.0 Å². The lowest BCUT2D eigenvalue weighted by molar-refractivity contribution is -0.163. The van der Waals surface area contributed by atoms with Crippen LogP contribution in [0.15, 0.2) is 46.7 Å². The van der Waals surface area contributed by atoms with Gasteiger partial charge in [-0.3, -0.25) is 14.7 Å². The maximum Gasteiger partial charge on any atom is 0.352 e. The van der Waals surface area contributed by atoms with Crippen molar-refractivity contribution in [1.29, 1.82) is 0 Å². The van der Waals surface area contributed by atoms with E-state index in [0.717, 1.165) is 11.3 Å². The summed E-state index contributed by atoms with van der Waals surface area (Å²) in [6, 6.07) is 3.54. The van der Waals surface area contributed by atoms with E-state index < -0.39 is 18.0 Å². The number of thiazole rings is 1. The van der Waals surface area contributed by atoms with Crippen molar-refractivity contribution in [2.24, 2.45) is 11.8 Å². The standard InChI is InChI=1S/C21H24N4O4S/c1-12-16(19(21(28)29)25-18(12)17(13(2)26)20(25)27)9-24(8-15-10-30-11-23-15)7-14-4-3-5-22-6-14/h3-6,10-13,17-18,26H,7-9H2,1-2H3,(H,28,29)/t12-,13+,17+,18?/m0/s1. The molecule has 0 spiro atoms. The Bertz CT molecular complexity index is 961. The maximum absolute atomic E-state index is 12.6. The van der Waals surface area contributed by atoms with E-state index in [4.69, 9.17) is 0 Å². The normalized spacial score (nSPS) is 24.2. The lowest BCUT2D eigenvalue weighted by Crippen LogP contribution is -2.63. The van der Waals surface area contributed by atoms with Gasteiger partial charge in [0.1, 0.15) is 5.70 Å². The van der Waals surface area contributed by atoms with Gasteiger partial charge >= 0.3 is 5.97 Å². The van der Waals surface area contributed by atoms with Crippen molar-refractivity contribution in [2.75, 3.05) is 6.54 Å². The van der Waals surface area contributed by atoms with Gasteiger partial charge in [-0.25, -0.2) is 9.78 Å². The van der Waals surface area contributed by atoms with Crippen molar-refractivity contribution in [1.82, 2.24) is 19.8 Å². The highest BCUT2D eigenvalue weighted by atomic mass is 32.1. The first-order valence-electron chi connectivity index (χ1n) is 9.84. The van der Waals surface area contributed by atoms with Crippen LogP contribution in [0.25, 0.3) is 0 Å². The summed E-state index contributed by atoms with van der Waals surface area (Å²) >= 11 is 1.51. The fourth-order valence-corrected chi connectivity index (χ4v) is 5.11. The summed E-state index contributed by atoms with van der Waals surface area (Å²) in [6.45, 7) is 5.05. The van der Waals surface area contributed by atoms with E-state index in [9.17, 15) is 19.8 Å². The van der Waals surface area contributed by atoms with Crippen LogP contribution in [0, 0.1) is 11.8 Å². The smallest absolute Gasteiger partial charge is 0.352 e. The van der Waals surface area contributed by atoms with Crippen LogP contribution in [0.5, 0.6) is 0 Å². The van der Waals surface area contributed by atoms with Crippen LogP contribution in [-0.2, 0) is 22.7 Å². The number of rotatable bonds is 8. The van der Waals surface area contributed by atoms with Crippen molar-refractivity contribution in [3.05, 3.63) is 57.9 Å². The number of aliphatic carboxylic acids is 1. The first kappa shape index (κ1) is 20.6. The van der Waals surface area contributed by atoms with Crippen molar-refractivity contribution < 1.29 is 19.8 Å². The molecule has 0 radical (unpaired) electrons. The molecule has 4 rings (SSSR count). The van der Waals surface area contributed by atoms with Gasteiger partial charge < -0.3 is 15.1 Å². The number of carboxylic acids is 1. The van der Waals surface area contributed by atoms with E-state index in [-0.39, 0.29) is 23.6 Å². The molecule has 1 amide bonds. The maximum atomic E-state index is 12.6. The van der Waals surface area contributed by atoms with E-state index in [1.807, 2.05) is 24.4 Å². The number of nitrogens with zero attached hydrogens (tertiary/aromatic N) is 4. The zero-order valence-electron chi connectivity index (χ0n) is 16.8. The van der Waals surface area contributed by atoms with Gasteiger partial charge in [-0.15, -0.1) is 11.3 Å². The number of β-lactam (4-membered cyclic amide) rings is 1. The van der Waals surface area contributed by atoms with Crippen LogP contribution in [0.4, 0.5) is 0 Å². The minimum absolute atomic E-state index is 0.0591. The minimum atomic E-state index is -1.10. The lowest BCUT2D eigenvalue weighted by atomic mass is 9.77. The van der Waals surface area contributed by atoms with Crippen molar-refractivity contribution >= 4 is 23.2 Å². The number of fused-ring (bicyclic) bond motifs is 1. The molecule has 2 aromatic heterocycles. The summed E-state index contributed by atoms with van der Waals surface area (Å²) in [7, 11) is 0. The predicted molar refractivity (Wildman–Crippen MR) is 110 cm³/mol. The van der Waals surface area contributed by atoms with Crippen molar-refractivity contribution in [3.8, 4) is 0 Å². The molecule has 4 atom stereocenters. The second kappa shape index (κ2) is 8.25. The Balaban J connectivity index is 1.63. The molecule has 0 aromatic carbocycles. The van der Waals surface area contributed by atoms with Crippen LogP contribution in [-0.4, -0.2) is 60.5 Å². The van der Waals surface area contributed by atoms with Gasteiger partial charge in [0.2, 0.25) is 5.91 Å². The van der Waals surface area contributed by atoms with Gasteiger partial charge in [-0.2, -0.15) is 0 Å². The molecule has 30 heavy (non-hydrogen) atoms. The summed E-state index contributed by atoms with van der Waals surface area (Å²) in [5.74, 6) is -2.13. The fraction of sp³-hybridized carbons (Fsp3) is 0.429. The molecule has 1 fully saturated rings. The number of carboxylic acid groups (broad SMARTS) is 1. The number of aromatic nitrogens is 2. The molecule has 0 saturated carbocycles. The number of hydrogen-bond donors (Lipinski definition) is 2. The summed E-state index contributed by atoms with van der Waals surface area (Å²) < 4.78 is 0. The average Bonchev–Trinajstić information content (AvgIpc) is 3.28. The van der Waals surface area contributed by atoms with Crippen LogP contribution in [0.1, 0.15) is 25.1 Å². The first-order chi connectivity index (χ1) is 14.4. The Morgan fingerprint density at radius 1 is 1.37 bits per heavy atom. The van der Waals surface area contributed by atoms with E-state index in [2.05, 4.69) is 14.9 Å². The summed E-state index contributed by atoms with van der Waals surface area (Å²) in [5.41, 5.74) is 4.47. The zero-order valence-corrected chi connectivity index (χ0v) is 17.6. The van der Waals surface area contributed by atoms with Gasteiger partial charge in [0.25, 0.3) is 0 Å². The van der Waals surface area contributed by atoms with Gasteiger partial charge in [-0.05, 0) is 24.1 Å². The zero-order chi connectivity index (χ0) is 21.4. The topological polar surface area (TPSA) is 107 Å². The van der Waals surface area contributed by atoms with Crippen LogP contribution >= 0.6 is 11.3 Å². The molecule has 2 aromatic rings. The first-order valence-corrected chi connectivity index (χ1v) is 10.8. The largest absolute Gasteiger partial charge is 0.477 e. The Labute approximate surface area is 178 Å². The highest BCUT2D eigenvalue weighted by Crippen LogP contribution is 2.47. The molecule has 0 aliphatic carbocycles. The number of amides is 1. The van der Waals surface area contributed by atoms with Gasteiger partial charge in [0.05, 0.1) is 29.3 Å². The Morgan fingerprint density at radius 2 is 2.17 bits per heavy atom. The quantitative estimate of drug-likeness (QED) is 0.617. The molecule has 4 heterocycles. The number of carbonyl (C=O) groups is 2. The summed E-state index contributed by atoms with van der Waals surface area (Å²) in [5, 5.41) is 21.9. The summed E-state index contributed by atoms with van der Waals surface area (Å²) in [6.07, 6.45) is 2.70. The third-order valence-corrected chi connectivity index (χ3v) is 6.55. The Morgan fingerprint density at radius 3 is 2.77 bits per heavy atom. The number of hydrogen-bond acceptors (Lipinski definition) is 7. The molecule has 158 valence electrons. The Kier molecular flexibility index (Phi) is 5.68. The van der Waals surface area contributed by atoms with Gasteiger partial charge in [0, 0.05) is 43.3 Å². The second-order valence-corrected chi connectivity index (χ2v) is 8.64.